The van der Waals surface area contributed by atoms with Crippen LogP contribution in [0.2, 0.25) is 0 Å². The summed E-state index contributed by atoms with van der Waals surface area (Å²) in [7, 11) is 0. The number of fused-ring (bicyclic) bond motifs is 1. The van der Waals surface area contributed by atoms with Gasteiger partial charge in [-0.1, -0.05) is 11.3 Å². The van der Waals surface area contributed by atoms with Crippen molar-refractivity contribution in [3.63, 3.8) is 0 Å². The van der Waals surface area contributed by atoms with Crippen LogP contribution in [0, 0.1) is 6.92 Å². The van der Waals surface area contributed by atoms with Gasteiger partial charge in [0.15, 0.2) is 11.6 Å². The molecule has 0 aliphatic carbocycles. The lowest BCUT2D eigenvalue weighted by Crippen LogP contribution is -2.24. The third-order valence-electron chi connectivity index (χ3n) is 1.30. The molecule has 0 saturated carbocycles. The van der Waals surface area contributed by atoms with Crippen molar-refractivity contribution in [2.45, 2.75) is 6.92 Å². The first-order valence-electron chi connectivity index (χ1n) is 3.16. The van der Waals surface area contributed by atoms with Gasteiger partial charge in [-0.3, -0.25) is 4.79 Å². The third kappa shape index (κ3) is 1.07. The monoisotopic (exact) mass is 170 g/mol. The van der Waals surface area contributed by atoms with Crippen molar-refractivity contribution in [3.8, 4) is 5.88 Å². The van der Waals surface area contributed by atoms with Gasteiger partial charge in [0, 0.05) is 0 Å². The predicted octanol–water partition coefficient (Wildman–Crippen LogP) is 0.782. The molecular formula is C6H6N2O2S. The number of aryl methyl sites for hydroxylation is 1. The molecule has 11 heavy (non-hydrogen) atoms. The van der Waals surface area contributed by atoms with E-state index in [1.807, 2.05) is 6.92 Å². The second kappa shape index (κ2) is 2.20. The Labute approximate surface area is 67.2 Å². The standard InChI is InChI=1S/C6H6N2O2S/c1-3-7-5-6(11-3)8-4(9)2-10-5/h2H2,1H3,(H,8,9). The Kier molecular flexibility index (Phi) is 1.32. The van der Waals surface area contributed by atoms with Gasteiger partial charge >= 0.3 is 0 Å². The van der Waals surface area contributed by atoms with Crippen molar-refractivity contribution in [3.05, 3.63) is 5.01 Å². The molecule has 0 unspecified atom stereocenters. The third-order valence-corrected chi connectivity index (χ3v) is 2.16. The fourth-order valence-electron chi connectivity index (χ4n) is 0.881. The highest BCUT2D eigenvalue weighted by atomic mass is 32.1. The summed E-state index contributed by atoms with van der Waals surface area (Å²) in [4.78, 5) is 14.8. The number of ether oxygens (including phenoxy) is 1. The van der Waals surface area contributed by atoms with Gasteiger partial charge in [-0.15, -0.1) is 0 Å². The summed E-state index contributed by atoms with van der Waals surface area (Å²) in [5.41, 5.74) is 0. The molecule has 0 saturated heterocycles. The Morgan fingerprint density at radius 2 is 2.55 bits per heavy atom. The highest BCUT2D eigenvalue weighted by Gasteiger charge is 2.19. The molecule has 0 atom stereocenters. The Morgan fingerprint density at radius 3 is 3.36 bits per heavy atom. The minimum absolute atomic E-state index is 0.0795. The second-order valence-corrected chi connectivity index (χ2v) is 3.41. The van der Waals surface area contributed by atoms with Crippen LogP contribution >= 0.6 is 11.3 Å². The molecule has 1 N–H and O–H groups in total. The van der Waals surface area contributed by atoms with Crippen LogP contribution in [0.3, 0.4) is 0 Å². The summed E-state index contributed by atoms with van der Waals surface area (Å²) in [5, 5.41) is 4.29. The number of nitrogens with one attached hydrogen (secondary N) is 1. The fraction of sp³-hybridized carbons (Fsp3) is 0.333. The highest BCUT2D eigenvalue weighted by Crippen LogP contribution is 2.32. The number of carbonyl (C=O) groups is 1. The van der Waals surface area contributed by atoms with Gasteiger partial charge in [0.05, 0.1) is 5.01 Å². The first kappa shape index (κ1) is 6.60. The molecule has 2 rings (SSSR count). The number of aromatic nitrogens is 1. The molecule has 1 aliphatic heterocycles. The molecule has 58 valence electrons. The number of carbonyl (C=O) groups excluding carboxylic acids is 1. The van der Waals surface area contributed by atoms with E-state index in [0.29, 0.717) is 5.88 Å². The number of hydrogen-bond donors (Lipinski definition) is 1. The minimum atomic E-state index is -0.110. The van der Waals surface area contributed by atoms with Crippen molar-refractivity contribution in [1.29, 1.82) is 0 Å². The summed E-state index contributed by atoms with van der Waals surface area (Å²) in [5.74, 6) is 0.438. The topological polar surface area (TPSA) is 51.2 Å². The van der Waals surface area contributed by atoms with E-state index in [2.05, 4.69) is 10.3 Å². The Bertz CT molecular complexity index is 308. The Morgan fingerprint density at radius 1 is 1.73 bits per heavy atom. The number of thiazole rings is 1. The van der Waals surface area contributed by atoms with E-state index in [9.17, 15) is 4.79 Å². The van der Waals surface area contributed by atoms with Crippen LogP contribution < -0.4 is 10.1 Å². The van der Waals surface area contributed by atoms with Crippen LogP contribution in [-0.2, 0) is 4.79 Å². The molecule has 1 aromatic rings. The molecule has 0 spiro atoms. The molecule has 0 bridgehead atoms. The maximum Gasteiger partial charge on any atom is 0.263 e. The van der Waals surface area contributed by atoms with Gasteiger partial charge in [0.1, 0.15) is 0 Å². The van der Waals surface area contributed by atoms with E-state index in [1.165, 1.54) is 11.3 Å². The van der Waals surface area contributed by atoms with Crippen LogP contribution in [-0.4, -0.2) is 17.5 Å². The molecule has 2 heterocycles. The molecule has 5 heteroatoms. The van der Waals surface area contributed by atoms with Crippen molar-refractivity contribution in [2.75, 3.05) is 11.9 Å². The van der Waals surface area contributed by atoms with Crippen molar-refractivity contribution in [1.82, 2.24) is 4.98 Å². The molecule has 0 fully saturated rings. The Balaban J connectivity index is 2.41. The largest absolute Gasteiger partial charge is 0.465 e. The molecule has 1 aromatic heterocycles. The van der Waals surface area contributed by atoms with E-state index >= 15 is 0 Å². The maximum atomic E-state index is 10.8. The van der Waals surface area contributed by atoms with Gasteiger partial charge in [0.25, 0.3) is 5.91 Å². The first-order valence-corrected chi connectivity index (χ1v) is 3.97. The van der Waals surface area contributed by atoms with E-state index in [4.69, 9.17) is 4.74 Å². The van der Waals surface area contributed by atoms with Gasteiger partial charge in [-0.05, 0) is 6.92 Å². The number of nitrogens with zero attached hydrogens (tertiary/aromatic N) is 1. The predicted molar refractivity (Wildman–Crippen MR) is 41.0 cm³/mol. The smallest absolute Gasteiger partial charge is 0.263 e. The van der Waals surface area contributed by atoms with E-state index in [-0.39, 0.29) is 12.5 Å². The number of rotatable bonds is 0. The quantitative estimate of drug-likeness (QED) is 0.626. The maximum absolute atomic E-state index is 10.8. The normalized spacial score (nSPS) is 15.2. The molecule has 4 nitrogen and oxygen atoms in total. The molecule has 0 radical (unpaired) electrons. The van der Waals surface area contributed by atoms with E-state index in [0.717, 1.165) is 10.0 Å². The lowest BCUT2D eigenvalue weighted by Gasteiger charge is -2.10. The van der Waals surface area contributed by atoms with Crippen LogP contribution in [0.4, 0.5) is 5.00 Å². The van der Waals surface area contributed by atoms with Crippen molar-refractivity contribution >= 4 is 22.2 Å². The number of anilines is 1. The minimum Gasteiger partial charge on any atom is -0.465 e. The van der Waals surface area contributed by atoms with E-state index < -0.39 is 0 Å². The Hall–Kier alpha value is -1.10. The average molecular weight is 170 g/mol. The molecule has 0 aromatic carbocycles. The highest BCUT2D eigenvalue weighted by molar-refractivity contribution is 7.16. The zero-order chi connectivity index (χ0) is 7.84. The lowest BCUT2D eigenvalue weighted by molar-refractivity contribution is -0.118. The van der Waals surface area contributed by atoms with Gasteiger partial charge in [-0.25, -0.2) is 4.98 Å². The summed E-state index contributed by atoms with van der Waals surface area (Å²) >= 11 is 1.43. The van der Waals surface area contributed by atoms with Crippen LogP contribution in [0.25, 0.3) is 0 Å². The zero-order valence-corrected chi connectivity index (χ0v) is 6.70. The summed E-state index contributed by atoms with van der Waals surface area (Å²) in [6.45, 7) is 1.95. The number of amides is 1. The van der Waals surface area contributed by atoms with E-state index in [1.54, 1.807) is 0 Å². The van der Waals surface area contributed by atoms with Crippen LogP contribution in [0.1, 0.15) is 5.01 Å². The lowest BCUT2D eigenvalue weighted by atomic mass is 10.5. The molecular weight excluding hydrogens is 164 g/mol. The summed E-state index contributed by atoms with van der Waals surface area (Å²) in [6.07, 6.45) is 0. The molecule has 1 amide bonds. The first-order chi connectivity index (χ1) is 5.25. The van der Waals surface area contributed by atoms with Gasteiger partial charge < -0.3 is 10.1 Å². The van der Waals surface area contributed by atoms with Crippen molar-refractivity contribution in [2.24, 2.45) is 0 Å². The second-order valence-electron chi connectivity index (χ2n) is 2.20. The zero-order valence-electron chi connectivity index (χ0n) is 5.88. The average Bonchev–Trinajstić information content (AvgIpc) is 2.27. The summed E-state index contributed by atoms with van der Waals surface area (Å²) < 4.78 is 5.04. The SMILES string of the molecule is Cc1nc2c(s1)NC(=O)CO2. The van der Waals surface area contributed by atoms with Crippen LogP contribution in [0.15, 0.2) is 0 Å². The van der Waals surface area contributed by atoms with Crippen molar-refractivity contribution < 1.29 is 9.53 Å². The number of hydrogen-bond acceptors (Lipinski definition) is 4. The van der Waals surface area contributed by atoms with Crippen LogP contribution in [0.5, 0.6) is 5.88 Å². The fourth-order valence-corrected chi connectivity index (χ4v) is 1.66. The molecule has 1 aliphatic rings. The van der Waals surface area contributed by atoms with Gasteiger partial charge in [0.2, 0.25) is 5.88 Å². The summed E-state index contributed by atoms with van der Waals surface area (Å²) in [6, 6.07) is 0. The van der Waals surface area contributed by atoms with Gasteiger partial charge in [-0.2, -0.15) is 0 Å².